The maximum Gasteiger partial charge on any atom is 0.472 e. The van der Waals surface area contributed by atoms with Gasteiger partial charge in [0.2, 0.25) is 5.91 Å². The number of aliphatic hydroxyl groups excluding tert-OH is 1. The Balaban J connectivity index is 4.34. The topological polar surface area (TPSA) is 131 Å². The molecule has 0 aliphatic carbocycles. The van der Waals surface area contributed by atoms with Crippen LogP contribution in [0.15, 0.2) is 48.6 Å². The smallest absolute Gasteiger partial charge is 0.387 e. The number of aliphatic hydroxyl groups is 1. The van der Waals surface area contributed by atoms with Gasteiger partial charge in [0.1, 0.15) is 0 Å². The first-order valence-corrected chi connectivity index (χ1v) is 22.8. The van der Waals surface area contributed by atoms with Gasteiger partial charge in [-0.25, -0.2) is 4.57 Å². The lowest BCUT2D eigenvalue weighted by Gasteiger charge is -2.23. The van der Waals surface area contributed by atoms with Crippen LogP contribution in [0, 0.1) is 0 Å². The highest BCUT2D eigenvalue weighted by molar-refractivity contribution is 7.47. The zero-order valence-corrected chi connectivity index (χ0v) is 34.4. The van der Waals surface area contributed by atoms with Gasteiger partial charge in [0.25, 0.3) is 0 Å². The van der Waals surface area contributed by atoms with Gasteiger partial charge in [0, 0.05) is 13.0 Å². The third-order valence-corrected chi connectivity index (χ3v) is 10.1. The lowest BCUT2D eigenvalue weighted by Crippen LogP contribution is -2.45. The second kappa shape index (κ2) is 39.2. The molecule has 0 saturated carbocycles. The van der Waals surface area contributed by atoms with E-state index in [1.54, 1.807) is 6.08 Å². The van der Waals surface area contributed by atoms with E-state index in [1.165, 1.54) is 103 Å². The van der Waals surface area contributed by atoms with Crippen molar-refractivity contribution in [3.63, 3.8) is 0 Å². The molecule has 0 saturated heterocycles. The van der Waals surface area contributed by atoms with Crippen molar-refractivity contribution < 1.29 is 28.4 Å². The fourth-order valence-electron chi connectivity index (χ4n) is 5.86. The molecular weight excluding hydrogens is 671 g/mol. The van der Waals surface area contributed by atoms with Crippen molar-refractivity contribution in [1.29, 1.82) is 0 Å². The summed E-state index contributed by atoms with van der Waals surface area (Å²) in [5.41, 5.74) is 5.36. The van der Waals surface area contributed by atoms with Gasteiger partial charge < -0.3 is 21.1 Å². The average molecular weight is 753 g/mol. The molecule has 52 heavy (non-hydrogen) atoms. The molecule has 1 amide bonds. The summed E-state index contributed by atoms with van der Waals surface area (Å²) in [6.45, 7) is 4.08. The predicted octanol–water partition coefficient (Wildman–Crippen LogP) is 11.7. The van der Waals surface area contributed by atoms with E-state index < -0.39 is 20.0 Å². The van der Waals surface area contributed by atoms with E-state index in [0.717, 1.165) is 64.2 Å². The molecule has 0 heterocycles. The van der Waals surface area contributed by atoms with Crippen molar-refractivity contribution in [3.8, 4) is 0 Å². The Kier molecular flexibility index (Phi) is 38.0. The standard InChI is InChI=1S/C43H81N2O6P/c1-3-5-7-9-11-13-15-17-19-20-21-22-23-24-26-28-30-32-34-36-42(46)41(40-51-52(48,49)50-39-38-44)45-43(47)37-35-33-31-29-27-25-18-16-14-12-10-8-6-4-2/h16,18,21-22,26,28,34,36,41-42,46H,3-15,17,19-20,23-25,27,29-33,35,37-40,44H2,1-2H3,(H,45,47)(H,48,49)/b18-16-,22-21+,28-26+,36-34+. The monoisotopic (exact) mass is 753 g/mol. The maximum atomic E-state index is 12.7. The van der Waals surface area contributed by atoms with Crippen LogP contribution in [0.4, 0.5) is 0 Å². The molecule has 0 aromatic rings. The molecule has 8 nitrogen and oxygen atoms in total. The largest absolute Gasteiger partial charge is 0.472 e. The Morgan fingerprint density at radius 2 is 1.02 bits per heavy atom. The minimum atomic E-state index is -4.35. The van der Waals surface area contributed by atoms with Crippen LogP contribution in [-0.4, -0.2) is 47.8 Å². The molecule has 0 rings (SSSR count). The lowest BCUT2D eigenvalue weighted by molar-refractivity contribution is -0.123. The van der Waals surface area contributed by atoms with Crippen molar-refractivity contribution in [2.75, 3.05) is 19.8 Å². The molecule has 0 radical (unpaired) electrons. The minimum Gasteiger partial charge on any atom is -0.387 e. The first-order valence-electron chi connectivity index (χ1n) is 21.3. The van der Waals surface area contributed by atoms with Crippen LogP contribution in [0.2, 0.25) is 0 Å². The molecule has 0 aromatic heterocycles. The highest BCUT2D eigenvalue weighted by Gasteiger charge is 2.26. The van der Waals surface area contributed by atoms with Crippen LogP contribution in [0.1, 0.15) is 187 Å². The molecule has 0 aliphatic rings. The Bertz CT molecular complexity index is 954. The van der Waals surface area contributed by atoms with Crippen molar-refractivity contribution >= 4 is 13.7 Å². The van der Waals surface area contributed by atoms with E-state index in [0.29, 0.717) is 6.42 Å². The van der Waals surface area contributed by atoms with Crippen LogP contribution < -0.4 is 11.1 Å². The quantitative estimate of drug-likeness (QED) is 0.0279. The number of amides is 1. The van der Waals surface area contributed by atoms with Gasteiger partial charge >= 0.3 is 7.82 Å². The van der Waals surface area contributed by atoms with Crippen molar-refractivity contribution in [1.82, 2.24) is 5.32 Å². The van der Waals surface area contributed by atoms with Crippen molar-refractivity contribution in [3.05, 3.63) is 48.6 Å². The molecule has 3 atom stereocenters. The normalized spacial score (nSPS) is 14.6. The van der Waals surface area contributed by atoms with Crippen molar-refractivity contribution in [2.24, 2.45) is 5.73 Å². The second-order valence-corrected chi connectivity index (χ2v) is 15.6. The zero-order valence-electron chi connectivity index (χ0n) is 33.5. The van der Waals surface area contributed by atoms with Gasteiger partial charge in [-0.3, -0.25) is 13.8 Å². The molecule has 5 N–H and O–H groups in total. The van der Waals surface area contributed by atoms with Gasteiger partial charge in [-0.1, -0.05) is 159 Å². The predicted molar refractivity (Wildman–Crippen MR) is 221 cm³/mol. The number of rotatable bonds is 39. The maximum absolute atomic E-state index is 12.7. The summed E-state index contributed by atoms with van der Waals surface area (Å²) >= 11 is 0. The molecule has 0 fully saturated rings. The number of carbonyl (C=O) groups excluding carboxylic acids is 1. The lowest BCUT2D eigenvalue weighted by atomic mass is 10.1. The number of nitrogens with two attached hydrogens (primary N) is 1. The number of allylic oxidation sites excluding steroid dienone is 7. The van der Waals surface area contributed by atoms with E-state index in [9.17, 15) is 19.4 Å². The van der Waals surface area contributed by atoms with Crippen LogP contribution in [0.5, 0.6) is 0 Å². The van der Waals surface area contributed by atoms with Crippen LogP contribution in [0.25, 0.3) is 0 Å². The third-order valence-electron chi connectivity index (χ3n) is 9.10. The number of carbonyl (C=O) groups is 1. The zero-order chi connectivity index (χ0) is 38.2. The molecule has 9 heteroatoms. The average Bonchev–Trinajstić information content (AvgIpc) is 3.13. The van der Waals surface area contributed by atoms with Gasteiger partial charge in [-0.2, -0.15) is 0 Å². The molecular formula is C43H81N2O6P. The summed E-state index contributed by atoms with van der Waals surface area (Å²) in [7, 11) is -4.35. The van der Waals surface area contributed by atoms with E-state index in [2.05, 4.69) is 55.6 Å². The minimum absolute atomic E-state index is 0.0693. The number of hydrogen-bond donors (Lipinski definition) is 4. The van der Waals surface area contributed by atoms with Gasteiger partial charge in [0.15, 0.2) is 0 Å². The van der Waals surface area contributed by atoms with Crippen molar-refractivity contribution in [2.45, 2.75) is 199 Å². The van der Waals surface area contributed by atoms with Crippen LogP contribution in [0.3, 0.4) is 0 Å². The van der Waals surface area contributed by atoms with Gasteiger partial charge in [-0.05, 0) is 70.6 Å². The van der Waals surface area contributed by atoms with Gasteiger partial charge in [-0.15, -0.1) is 0 Å². The Hall–Kier alpha value is -1.54. The number of nitrogens with one attached hydrogen (secondary N) is 1. The first-order chi connectivity index (χ1) is 25.4. The van der Waals surface area contributed by atoms with E-state index in [1.807, 2.05) is 6.08 Å². The Labute approximate surface area is 320 Å². The SMILES string of the molecule is CCCCCCC/C=C\CCCCCCCC(=O)NC(COP(=O)(O)OCCN)C(O)/C=C/CC/C=C/CC/C=C/CCCCCCCCCCC. The number of hydrogen-bond acceptors (Lipinski definition) is 6. The fourth-order valence-corrected chi connectivity index (χ4v) is 6.62. The first kappa shape index (κ1) is 50.5. The summed E-state index contributed by atoms with van der Waals surface area (Å²) in [5.74, 6) is -0.219. The molecule has 3 unspecified atom stereocenters. The number of unbranched alkanes of at least 4 members (excludes halogenated alkanes) is 21. The highest BCUT2D eigenvalue weighted by atomic mass is 31.2. The number of phosphoric acid groups is 1. The summed E-state index contributed by atoms with van der Waals surface area (Å²) in [5, 5.41) is 13.6. The summed E-state index contributed by atoms with van der Waals surface area (Å²) < 4.78 is 22.1. The fraction of sp³-hybridized carbons (Fsp3) is 0.791. The molecule has 304 valence electrons. The van der Waals surface area contributed by atoms with E-state index in [-0.39, 0.29) is 25.7 Å². The molecule has 0 spiro atoms. The van der Waals surface area contributed by atoms with Gasteiger partial charge in [0.05, 0.1) is 25.4 Å². The van der Waals surface area contributed by atoms with E-state index >= 15 is 0 Å². The highest BCUT2D eigenvalue weighted by Crippen LogP contribution is 2.43. The van der Waals surface area contributed by atoms with Crippen LogP contribution in [-0.2, 0) is 18.4 Å². The molecule has 0 aromatic carbocycles. The molecule has 0 bridgehead atoms. The number of phosphoric ester groups is 1. The second-order valence-electron chi connectivity index (χ2n) is 14.2. The Morgan fingerprint density at radius 1 is 0.615 bits per heavy atom. The molecule has 0 aliphatic heterocycles. The summed E-state index contributed by atoms with van der Waals surface area (Å²) in [4.78, 5) is 22.6. The van der Waals surface area contributed by atoms with E-state index in [4.69, 9.17) is 14.8 Å². The third kappa shape index (κ3) is 36.8. The summed E-state index contributed by atoms with van der Waals surface area (Å²) in [6, 6.07) is -0.887. The Morgan fingerprint density at radius 3 is 1.48 bits per heavy atom. The van der Waals surface area contributed by atoms with Crippen LogP contribution >= 0.6 is 7.82 Å². The summed E-state index contributed by atoms with van der Waals surface area (Å²) in [6.07, 6.45) is 47.3.